The molecule has 2 aromatic heterocycles. The van der Waals surface area contributed by atoms with Gasteiger partial charge >= 0.3 is 0 Å². The summed E-state index contributed by atoms with van der Waals surface area (Å²) in [4.78, 5) is 21.1. The summed E-state index contributed by atoms with van der Waals surface area (Å²) in [6.45, 7) is 10.0. The van der Waals surface area contributed by atoms with Gasteiger partial charge in [-0.2, -0.15) is 0 Å². The Labute approximate surface area is 212 Å². The van der Waals surface area contributed by atoms with E-state index < -0.39 is 0 Å². The van der Waals surface area contributed by atoms with Crippen LogP contribution in [0, 0.1) is 6.92 Å². The Balaban J connectivity index is 1.44. The Morgan fingerprint density at radius 2 is 1.97 bits per heavy atom. The summed E-state index contributed by atoms with van der Waals surface area (Å²) in [5, 5.41) is 14.2. The Morgan fingerprint density at radius 3 is 2.75 bits per heavy atom. The van der Waals surface area contributed by atoms with Crippen molar-refractivity contribution < 1.29 is 4.74 Å². The molecule has 36 heavy (non-hydrogen) atoms. The van der Waals surface area contributed by atoms with E-state index in [1.165, 1.54) is 19.3 Å². The molecule has 0 radical (unpaired) electrons. The number of aromatic amines is 1. The third kappa shape index (κ3) is 5.68. The van der Waals surface area contributed by atoms with Gasteiger partial charge in [-0.3, -0.25) is 14.6 Å². The average molecular weight is 494 g/mol. The van der Waals surface area contributed by atoms with Crippen molar-refractivity contribution in [1.82, 2.24) is 35.0 Å². The lowest BCUT2D eigenvalue weighted by Gasteiger charge is -2.34. The molecule has 2 aliphatic rings. The molecule has 5 rings (SSSR count). The first-order chi connectivity index (χ1) is 17.6. The zero-order valence-electron chi connectivity index (χ0n) is 21.7. The smallest absolute Gasteiger partial charge is 0.252 e. The van der Waals surface area contributed by atoms with Crippen LogP contribution >= 0.6 is 0 Å². The normalized spacial score (nSPS) is 18.8. The summed E-state index contributed by atoms with van der Waals surface area (Å²) in [5.41, 5.74) is 2.78. The van der Waals surface area contributed by atoms with Crippen molar-refractivity contribution >= 4 is 10.9 Å². The second kappa shape index (κ2) is 11.6. The summed E-state index contributed by atoms with van der Waals surface area (Å²) in [6.07, 6.45) is 6.89. The Kier molecular flexibility index (Phi) is 8.09. The summed E-state index contributed by atoms with van der Waals surface area (Å²) < 4.78 is 7.63. The Hall–Kier alpha value is -2.62. The van der Waals surface area contributed by atoms with E-state index >= 15 is 0 Å². The number of nitrogens with zero attached hydrogens (tertiary/aromatic N) is 6. The van der Waals surface area contributed by atoms with E-state index in [1.54, 1.807) is 0 Å². The molecule has 3 aromatic rings. The van der Waals surface area contributed by atoms with Crippen molar-refractivity contribution in [1.29, 1.82) is 0 Å². The third-order valence-corrected chi connectivity index (χ3v) is 7.82. The van der Waals surface area contributed by atoms with Crippen LogP contribution in [0.25, 0.3) is 10.9 Å². The Morgan fingerprint density at radius 1 is 1.17 bits per heavy atom. The van der Waals surface area contributed by atoms with Crippen molar-refractivity contribution in [3.05, 3.63) is 51.6 Å². The third-order valence-electron chi connectivity index (χ3n) is 7.82. The molecule has 0 spiro atoms. The second-order valence-corrected chi connectivity index (χ2v) is 10.3. The maximum Gasteiger partial charge on any atom is 0.252 e. The highest BCUT2D eigenvalue weighted by atomic mass is 16.5. The van der Waals surface area contributed by atoms with E-state index in [-0.39, 0.29) is 11.6 Å². The number of hydrogen-bond donors (Lipinski definition) is 1. The molecule has 9 heteroatoms. The molecule has 1 unspecified atom stereocenters. The zero-order valence-corrected chi connectivity index (χ0v) is 21.7. The fraction of sp³-hybridized carbons (Fsp3) is 0.630. The van der Waals surface area contributed by atoms with Gasteiger partial charge in [0.25, 0.3) is 5.56 Å². The van der Waals surface area contributed by atoms with Crippen molar-refractivity contribution in [3.8, 4) is 0 Å². The van der Waals surface area contributed by atoms with Gasteiger partial charge in [0.2, 0.25) is 0 Å². The van der Waals surface area contributed by atoms with E-state index in [0.717, 1.165) is 86.5 Å². The average Bonchev–Trinajstić information content (AvgIpc) is 3.39. The fourth-order valence-corrected chi connectivity index (χ4v) is 5.75. The van der Waals surface area contributed by atoms with Crippen molar-refractivity contribution in [2.75, 3.05) is 39.4 Å². The highest BCUT2D eigenvalue weighted by molar-refractivity contribution is 5.79. The summed E-state index contributed by atoms with van der Waals surface area (Å²) in [6, 6.07) is 8.66. The number of nitrogens with one attached hydrogen (secondary N) is 1. The van der Waals surface area contributed by atoms with Crippen LogP contribution in [-0.2, 0) is 11.3 Å². The second-order valence-electron chi connectivity index (χ2n) is 10.3. The van der Waals surface area contributed by atoms with Gasteiger partial charge < -0.3 is 9.72 Å². The van der Waals surface area contributed by atoms with Crippen LogP contribution in [0.1, 0.15) is 74.5 Å². The monoisotopic (exact) mass is 493 g/mol. The number of hydrogen-bond acceptors (Lipinski definition) is 7. The topological polar surface area (TPSA) is 92.2 Å². The van der Waals surface area contributed by atoms with Gasteiger partial charge in [0.1, 0.15) is 0 Å². The number of aromatic nitrogens is 5. The standard InChI is InChI=1S/C27H39N7O2/c1-3-25(26-29-30-31-34(26)23-7-5-4-6-8-23)33(12-11-32-13-15-36-16-14-32)19-22-18-21-10-9-20(2)17-24(21)28-27(22)35/h9-10,17-18,23,25H,3-8,11-16,19H2,1-2H3,(H,28,35). The van der Waals surface area contributed by atoms with Crippen molar-refractivity contribution in [2.45, 2.75) is 71.0 Å². The quantitative estimate of drug-likeness (QED) is 0.487. The molecule has 9 nitrogen and oxygen atoms in total. The number of morpholine rings is 1. The van der Waals surface area contributed by atoms with Crippen LogP contribution in [0.3, 0.4) is 0 Å². The largest absolute Gasteiger partial charge is 0.379 e. The number of tetrazole rings is 1. The minimum Gasteiger partial charge on any atom is -0.379 e. The molecule has 0 bridgehead atoms. The lowest BCUT2D eigenvalue weighted by Crippen LogP contribution is -2.43. The molecule has 1 aliphatic heterocycles. The first-order valence-corrected chi connectivity index (χ1v) is 13.6. The molecule has 1 N–H and O–H groups in total. The molecule has 194 valence electrons. The minimum atomic E-state index is -0.0220. The van der Waals surface area contributed by atoms with E-state index in [9.17, 15) is 4.79 Å². The molecule has 3 heterocycles. The van der Waals surface area contributed by atoms with Crippen LogP contribution in [0.2, 0.25) is 0 Å². The maximum atomic E-state index is 13.1. The maximum absolute atomic E-state index is 13.1. The molecule has 1 saturated carbocycles. The lowest BCUT2D eigenvalue weighted by molar-refractivity contribution is 0.0290. The molecule has 0 amide bonds. The molecular formula is C27H39N7O2. The molecular weight excluding hydrogens is 454 g/mol. The first kappa shape index (κ1) is 25.0. The zero-order chi connectivity index (χ0) is 24.9. The van der Waals surface area contributed by atoms with E-state index in [1.807, 2.05) is 19.1 Å². The SMILES string of the molecule is CCC(c1nnnn1C1CCCCC1)N(CCN1CCOCC1)Cc1cc2ccc(C)cc2[nH]c1=O. The molecule has 1 atom stereocenters. The van der Waals surface area contributed by atoms with Gasteiger partial charge in [0.05, 0.1) is 25.3 Å². The first-order valence-electron chi connectivity index (χ1n) is 13.6. The van der Waals surface area contributed by atoms with Gasteiger partial charge in [-0.15, -0.1) is 5.10 Å². The summed E-state index contributed by atoms with van der Waals surface area (Å²) >= 11 is 0. The van der Waals surface area contributed by atoms with Crippen LogP contribution in [0.5, 0.6) is 0 Å². The minimum absolute atomic E-state index is 0.0220. The predicted octanol–water partition coefficient (Wildman–Crippen LogP) is 3.61. The number of benzene rings is 1. The van der Waals surface area contributed by atoms with Crippen LogP contribution in [0.4, 0.5) is 0 Å². The van der Waals surface area contributed by atoms with E-state index in [2.05, 4.69) is 54.0 Å². The van der Waals surface area contributed by atoms with E-state index in [4.69, 9.17) is 4.74 Å². The van der Waals surface area contributed by atoms with Gasteiger partial charge in [-0.05, 0) is 59.7 Å². The number of ether oxygens (including phenoxy) is 1. The number of pyridine rings is 1. The molecule has 1 aliphatic carbocycles. The summed E-state index contributed by atoms with van der Waals surface area (Å²) in [7, 11) is 0. The van der Waals surface area contributed by atoms with Gasteiger partial charge in [-0.1, -0.05) is 38.3 Å². The fourth-order valence-electron chi connectivity index (χ4n) is 5.75. The van der Waals surface area contributed by atoms with Crippen LogP contribution < -0.4 is 5.56 Å². The van der Waals surface area contributed by atoms with Gasteiger partial charge in [0.15, 0.2) is 5.82 Å². The van der Waals surface area contributed by atoms with Crippen LogP contribution in [-0.4, -0.2) is 74.4 Å². The molecule has 2 fully saturated rings. The summed E-state index contributed by atoms with van der Waals surface area (Å²) in [5.74, 6) is 0.930. The van der Waals surface area contributed by atoms with E-state index in [0.29, 0.717) is 12.6 Å². The molecule has 1 saturated heterocycles. The number of rotatable bonds is 9. The van der Waals surface area contributed by atoms with Gasteiger partial charge in [-0.25, -0.2) is 4.68 Å². The molecule has 1 aromatic carbocycles. The highest BCUT2D eigenvalue weighted by Gasteiger charge is 2.29. The highest BCUT2D eigenvalue weighted by Crippen LogP contribution is 2.32. The number of H-pyrrole nitrogens is 1. The van der Waals surface area contributed by atoms with Crippen LogP contribution in [0.15, 0.2) is 29.1 Å². The predicted molar refractivity (Wildman–Crippen MR) is 140 cm³/mol. The number of aryl methyl sites for hydroxylation is 1. The number of fused-ring (bicyclic) bond motifs is 1. The Bertz CT molecular complexity index is 1190. The van der Waals surface area contributed by atoms with Crippen molar-refractivity contribution in [2.24, 2.45) is 0 Å². The van der Waals surface area contributed by atoms with Crippen molar-refractivity contribution in [3.63, 3.8) is 0 Å². The van der Waals surface area contributed by atoms with Gasteiger partial charge in [0, 0.05) is 43.8 Å². The lowest BCUT2D eigenvalue weighted by atomic mass is 9.95.